The first-order valence-electron chi connectivity index (χ1n) is 4.50. The molecule has 0 amide bonds. The molecule has 0 aliphatic carbocycles. The Hall–Kier alpha value is -0.460. The molecule has 0 bridgehead atoms. The van der Waals surface area contributed by atoms with Gasteiger partial charge in [0, 0.05) is 13.1 Å². The van der Waals surface area contributed by atoms with E-state index >= 15 is 0 Å². The molecule has 1 nitrogen and oxygen atoms in total. The Kier molecular flexibility index (Phi) is 2.58. The van der Waals surface area contributed by atoms with Crippen molar-refractivity contribution < 1.29 is 0 Å². The SMILES string of the molecule is CC1=CN(C)C(C)C(C)CC1. The summed E-state index contributed by atoms with van der Waals surface area (Å²) in [5.41, 5.74) is 1.52. The van der Waals surface area contributed by atoms with E-state index in [1.807, 2.05) is 0 Å². The molecule has 2 unspecified atom stereocenters. The van der Waals surface area contributed by atoms with Crippen LogP contribution in [0.3, 0.4) is 0 Å². The molecule has 0 aromatic rings. The lowest BCUT2D eigenvalue weighted by atomic mass is 9.97. The van der Waals surface area contributed by atoms with Gasteiger partial charge in [-0.05, 0) is 38.8 Å². The highest BCUT2D eigenvalue weighted by molar-refractivity contribution is 5.01. The molecule has 64 valence electrons. The van der Waals surface area contributed by atoms with E-state index in [0.717, 1.165) is 5.92 Å². The summed E-state index contributed by atoms with van der Waals surface area (Å²) in [7, 11) is 2.18. The van der Waals surface area contributed by atoms with Crippen LogP contribution in [0.15, 0.2) is 11.8 Å². The van der Waals surface area contributed by atoms with Crippen LogP contribution in [-0.4, -0.2) is 18.0 Å². The van der Waals surface area contributed by atoms with Gasteiger partial charge >= 0.3 is 0 Å². The third-order valence-electron chi connectivity index (χ3n) is 2.88. The molecule has 11 heavy (non-hydrogen) atoms. The van der Waals surface area contributed by atoms with Gasteiger partial charge < -0.3 is 4.90 Å². The van der Waals surface area contributed by atoms with E-state index in [9.17, 15) is 0 Å². The molecule has 1 aliphatic rings. The van der Waals surface area contributed by atoms with Crippen LogP contribution in [0.4, 0.5) is 0 Å². The van der Waals surface area contributed by atoms with Crippen LogP contribution in [0.1, 0.15) is 33.6 Å². The standard InChI is InChI=1S/C10H19N/c1-8-5-6-9(2)10(3)11(4)7-8/h7,9-10H,5-6H2,1-4H3. The third kappa shape index (κ3) is 1.98. The minimum Gasteiger partial charge on any atom is -0.377 e. The highest BCUT2D eigenvalue weighted by Crippen LogP contribution is 2.22. The number of hydrogen-bond acceptors (Lipinski definition) is 1. The largest absolute Gasteiger partial charge is 0.377 e. The van der Waals surface area contributed by atoms with Crippen molar-refractivity contribution in [1.82, 2.24) is 4.90 Å². The van der Waals surface area contributed by atoms with E-state index in [4.69, 9.17) is 0 Å². The molecule has 0 saturated carbocycles. The molecule has 1 heteroatoms. The summed E-state index contributed by atoms with van der Waals surface area (Å²) in [6.45, 7) is 6.87. The lowest BCUT2D eigenvalue weighted by molar-refractivity contribution is 0.266. The predicted molar refractivity (Wildman–Crippen MR) is 49.4 cm³/mol. The Labute approximate surface area is 70.1 Å². The molecule has 1 rings (SSSR count). The van der Waals surface area contributed by atoms with Gasteiger partial charge in [-0.3, -0.25) is 0 Å². The van der Waals surface area contributed by atoms with Gasteiger partial charge in [-0.25, -0.2) is 0 Å². The van der Waals surface area contributed by atoms with Crippen molar-refractivity contribution in [3.05, 3.63) is 11.8 Å². The maximum Gasteiger partial charge on any atom is 0.0278 e. The summed E-state index contributed by atoms with van der Waals surface area (Å²) in [6.07, 6.45) is 4.90. The van der Waals surface area contributed by atoms with Crippen molar-refractivity contribution in [3.8, 4) is 0 Å². The molecular formula is C10H19N. The fourth-order valence-corrected chi connectivity index (χ4v) is 1.63. The average molecular weight is 153 g/mol. The highest BCUT2D eigenvalue weighted by Gasteiger charge is 2.17. The summed E-state index contributed by atoms with van der Waals surface area (Å²) >= 11 is 0. The van der Waals surface area contributed by atoms with E-state index in [-0.39, 0.29) is 0 Å². The van der Waals surface area contributed by atoms with Gasteiger partial charge in [0.15, 0.2) is 0 Å². The summed E-state index contributed by atoms with van der Waals surface area (Å²) in [4.78, 5) is 2.34. The quantitative estimate of drug-likeness (QED) is 0.517. The topological polar surface area (TPSA) is 3.24 Å². The molecule has 0 aromatic heterocycles. The van der Waals surface area contributed by atoms with Crippen LogP contribution in [0.25, 0.3) is 0 Å². The second-order valence-corrected chi connectivity index (χ2v) is 3.90. The number of allylic oxidation sites excluding steroid dienone is 1. The molecule has 1 heterocycles. The Balaban J connectivity index is 2.68. The molecule has 2 atom stereocenters. The van der Waals surface area contributed by atoms with Gasteiger partial charge in [0.05, 0.1) is 0 Å². The number of nitrogens with zero attached hydrogens (tertiary/aromatic N) is 1. The summed E-state index contributed by atoms with van der Waals surface area (Å²) in [6, 6.07) is 0.701. The second kappa shape index (κ2) is 3.29. The van der Waals surface area contributed by atoms with Crippen molar-refractivity contribution in [2.75, 3.05) is 7.05 Å². The summed E-state index contributed by atoms with van der Waals surface area (Å²) < 4.78 is 0. The predicted octanol–water partition coefficient (Wildman–Crippen LogP) is 2.64. The molecular weight excluding hydrogens is 134 g/mol. The summed E-state index contributed by atoms with van der Waals surface area (Å²) in [5, 5.41) is 0. The number of rotatable bonds is 0. The van der Waals surface area contributed by atoms with Gasteiger partial charge in [0.1, 0.15) is 0 Å². The van der Waals surface area contributed by atoms with E-state index in [1.54, 1.807) is 0 Å². The molecule has 0 radical (unpaired) electrons. The van der Waals surface area contributed by atoms with Crippen LogP contribution >= 0.6 is 0 Å². The minimum absolute atomic E-state index is 0.701. The second-order valence-electron chi connectivity index (χ2n) is 3.90. The van der Waals surface area contributed by atoms with E-state index in [0.29, 0.717) is 6.04 Å². The lowest BCUT2D eigenvalue weighted by Crippen LogP contribution is -2.28. The molecule has 0 spiro atoms. The fourth-order valence-electron chi connectivity index (χ4n) is 1.63. The molecule has 0 N–H and O–H groups in total. The van der Waals surface area contributed by atoms with Gasteiger partial charge in [-0.2, -0.15) is 0 Å². The Morgan fingerprint density at radius 1 is 1.45 bits per heavy atom. The molecule has 1 aliphatic heterocycles. The normalized spacial score (nSPS) is 33.1. The molecule has 0 saturated heterocycles. The number of hydrogen-bond donors (Lipinski definition) is 0. The van der Waals surface area contributed by atoms with E-state index in [2.05, 4.69) is 38.9 Å². The summed E-state index contributed by atoms with van der Waals surface area (Å²) in [5.74, 6) is 0.827. The Bertz CT molecular complexity index is 160. The van der Waals surface area contributed by atoms with E-state index in [1.165, 1.54) is 18.4 Å². The fraction of sp³-hybridized carbons (Fsp3) is 0.800. The zero-order valence-electron chi connectivity index (χ0n) is 8.09. The third-order valence-corrected chi connectivity index (χ3v) is 2.88. The Morgan fingerprint density at radius 3 is 2.73 bits per heavy atom. The van der Waals surface area contributed by atoms with Crippen molar-refractivity contribution in [3.63, 3.8) is 0 Å². The van der Waals surface area contributed by atoms with Crippen molar-refractivity contribution in [1.29, 1.82) is 0 Å². The molecule has 0 aromatic carbocycles. The monoisotopic (exact) mass is 153 g/mol. The average Bonchev–Trinajstić information content (AvgIpc) is 2.05. The van der Waals surface area contributed by atoms with Gasteiger partial charge in [0.2, 0.25) is 0 Å². The maximum atomic E-state index is 2.34. The van der Waals surface area contributed by atoms with Crippen molar-refractivity contribution >= 4 is 0 Å². The zero-order chi connectivity index (χ0) is 8.43. The van der Waals surface area contributed by atoms with Gasteiger partial charge in [-0.15, -0.1) is 0 Å². The minimum atomic E-state index is 0.701. The van der Waals surface area contributed by atoms with E-state index < -0.39 is 0 Å². The van der Waals surface area contributed by atoms with Crippen LogP contribution in [0.5, 0.6) is 0 Å². The van der Waals surface area contributed by atoms with Crippen molar-refractivity contribution in [2.45, 2.75) is 39.7 Å². The first kappa shape index (κ1) is 8.63. The molecule has 0 fully saturated rings. The van der Waals surface area contributed by atoms with Crippen LogP contribution in [0, 0.1) is 5.92 Å². The highest BCUT2D eigenvalue weighted by atomic mass is 15.1. The van der Waals surface area contributed by atoms with Crippen LogP contribution in [0.2, 0.25) is 0 Å². The van der Waals surface area contributed by atoms with Crippen molar-refractivity contribution in [2.24, 2.45) is 5.92 Å². The maximum absolute atomic E-state index is 2.34. The smallest absolute Gasteiger partial charge is 0.0278 e. The first-order valence-corrected chi connectivity index (χ1v) is 4.50. The first-order chi connectivity index (χ1) is 5.11. The Morgan fingerprint density at radius 2 is 2.09 bits per heavy atom. The van der Waals surface area contributed by atoms with Gasteiger partial charge in [-0.1, -0.05) is 12.5 Å². The van der Waals surface area contributed by atoms with Crippen LogP contribution in [-0.2, 0) is 0 Å². The lowest BCUT2D eigenvalue weighted by Gasteiger charge is -2.26. The van der Waals surface area contributed by atoms with Gasteiger partial charge in [0.25, 0.3) is 0 Å². The zero-order valence-corrected chi connectivity index (χ0v) is 8.09. The van der Waals surface area contributed by atoms with Crippen LogP contribution < -0.4 is 0 Å².